The molecule has 7 nitrogen and oxygen atoms in total. The number of amides is 2. The van der Waals surface area contributed by atoms with Crippen molar-refractivity contribution in [3.05, 3.63) is 65.2 Å². The average Bonchev–Trinajstić information content (AvgIpc) is 3.01. The van der Waals surface area contributed by atoms with Gasteiger partial charge < -0.3 is 19.3 Å². The zero-order chi connectivity index (χ0) is 22.6. The highest BCUT2D eigenvalue weighted by Gasteiger charge is 2.56. The van der Waals surface area contributed by atoms with Crippen LogP contribution in [0.2, 0.25) is 0 Å². The summed E-state index contributed by atoms with van der Waals surface area (Å²) in [4.78, 5) is 28.5. The number of nitrogens with zero attached hydrogens (tertiary/aromatic N) is 1. The fraction of sp³-hybridized carbons (Fsp3) is 0.417. The third-order valence-electron chi connectivity index (χ3n) is 6.05. The van der Waals surface area contributed by atoms with E-state index in [0.717, 1.165) is 15.4 Å². The average molecular weight is 456 g/mol. The molecule has 0 aromatic heterocycles. The van der Waals surface area contributed by atoms with Crippen LogP contribution in [0.4, 0.5) is 0 Å². The van der Waals surface area contributed by atoms with Crippen LogP contribution < -0.4 is 0 Å². The summed E-state index contributed by atoms with van der Waals surface area (Å²) in [6.45, 7) is 5.77. The van der Waals surface area contributed by atoms with Gasteiger partial charge in [0.15, 0.2) is 5.79 Å². The Morgan fingerprint density at radius 3 is 2.28 bits per heavy atom. The number of carbonyl (C=O) groups is 2. The third-order valence-corrected chi connectivity index (χ3v) is 7.22. The van der Waals surface area contributed by atoms with E-state index in [4.69, 9.17) is 14.2 Å². The largest absolute Gasteiger partial charge is 0.388 e. The van der Waals surface area contributed by atoms with E-state index in [1.165, 1.54) is 11.8 Å². The first kappa shape index (κ1) is 21.6. The van der Waals surface area contributed by atoms with Crippen LogP contribution in [0.1, 0.15) is 40.1 Å². The first-order valence-corrected chi connectivity index (χ1v) is 11.5. The van der Waals surface area contributed by atoms with E-state index in [1.54, 1.807) is 38.1 Å². The van der Waals surface area contributed by atoms with Crippen molar-refractivity contribution in [1.82, 2.24) is 4.90 Å². The number of benzene rings is 2. The van der Waals surface area contributed by atoms with Crippen LogP contribution in [0.25, 0.3) is 0 Å². The predicted octanol–water partition coefficient (Wildman–Crippen LogP) is 2.99. The van der Waals surface area contributed by atoms with Crippen molar-refractivity contribution in [2.75, 3.05) is 6.61 Å². The fourth-order valence-electron chi connectivity index (χ4n) is 4.43. The van der Waals surface area contributed by atoms with Crippen molar-refractivity contribution < 1.29 is 28.9 Å². The second kappa shape index (κ2) is 7.97. The number of fused-ring (bicyclic) bond motifs is 2. The second-order valence-electron chi connectivity index (χ2n) is 8.77. The molecule has 3 heterocycles. The van der Waals surface area contributed by atoms with Crippen LogP contribution in [-0.4, -0.2) is 64.0 Å². The first-order chi connectivity index (χ1) is 15.2. The monoisotopic (exact) mass is 455 g/mol. The highest BCUT2D eigenvalue weighted by molar-refractivity contribution is 7.99. The van der Waals surface area contributed by atoms with Crippen LogP contribution >= 0.6 is 11.8 Å². The quantitative estimate of drug-likeness (QED) is 0.712. The van der Waals surface area contributed by atoms with Gasteiger partial charge in [-0.15, -0.1) is 0 Å². The Balaban J connectivity index is 1.52. The summed E-state index contributed by atoms with van der Waals surface area (Å²) in [6.07, 6.45) is -2.39. The number of aliphatic hydroxyl groups is 1. The van der Waals surface area contributed by atoms with Crippen molar-refractivity contribution in [3.63, 3.8) is 0 Å². The van der Waals surface area contributed by atoms with Crippen molar-refractivity contribution in [1.29, 1.82) is 0 Å². The first-order valence-electron chi connectivity index (χ1n) is 10.6. The van der Waals surface area contributed by atoms with Crippen LogP contribution in [0, 0.1) is 6.92 Å². The molecule has 5 rings (SSSR count). The van der Waals surface area contributed by atoms with E-state index >= 15 is 0 Å². The van der Waals surface area contributed by atoms with E-state index in [-0.39, 0.29) is 6.61 Å². The molecule has 0 radical (unpaired) electrons. The van der Waals surface area contributed by atoms with Gasteiger partial charge in [-0.3, -0.25) is 14.5 Å². The molecule has 8 heteroatoms. The van der Waals surface area contributed by atoms with Crippen LogP contribution in [-0.2, 0) is 14.2 Å². The number of aliphatic hydroxyl groups excluding tert-OH is 1. The molecule has 2 amide bonds. The Morgan fingerprint density at radius 1 is 1.03 bits per heavy atom. The van der Waals surface area contributed by atoms with E-state index < -0.39 is 47.4 Å². The van der Waals surface area contributed by atoms with Gasteiger partial charge in [-0.1, -0.05) is 41.6 Å². The lowest BCUT2D eigenvalue weighted by molar-refractivity contribution is -0.344. The maximum Gasteiger partial charge on any atom is 0.262 e. The van der Waals surface area contributed by atoms with E-state index in [2.05, 4.69) is 0 Å². The number of ether oxygens (including phenoxy) is 3. The molecule has 32 heavy (non-hydrogen) atoms. The highest BCUT2D eigenvalue weighted by atomic mass is 32.2. The summed E-state index contributed by atoms with van der Waals surface area (Å²) >= 11 is 1.37. The van der Waals surface area contributed by atoms with Crippen molar-refractivity contribution >= 4 is 23.6 Å². The Hall–Kier alpha value is -2.23. The molecule has 3 aliphatic heterocycles. The van der Waals surface area contributed by atoms with Gasteiger partial charge in [0.2, 0.25) is 0 Å². The van der Waals surface area contributed by atoms with Crippen molar-refractivity contribution in [2.24, 2.45) is 0 Å². The van der Waals surface area contributed by atoms with Crippen LogP contribution in [0.15, 0.2) is 53.4 Å². The smallest absolute Gasteiger partial charge is 0.262 e. The molecule has 2 aromatic rings. The number of carbonyl (C=O) groups excluding carboxylic acids is 2. The van der Waals surface area contributed by atoms with Crippen LogP contribution in [0.3, 0.4) is 0 Å². The highest BCUT2D eigenvalue weighted by Crippen LogP contribution is 2.42. The van der Waals surface area contributed by atoms with E-state index in [1.807, 2.05) is 31.2 Å². The van der Waals surface area contributed by atoms with Gasteiger partial charge in [0.25, 0.3) is 11.8 Å². The Bertz CT molecular complexity index is 1020. The lowest BCUT2D eigenvalue weighted by Gasteiger charge is -2.51. The standard InChI is InChI=1S/C24H25NO6S/c1-13-8-10-14(11-9-13)32-23-18(19(26)20-17(30-23)12-29-24(2,3)31-20)25-21(27)15-6-4-5-7-16(15)22(25)28/h4-11,17-20,23,26H,12H2,1-3H3/t17-,18-,19-,20-,23+/m1/s1. The number of hydrogen-bond donors (Lipinski definition) is 1. The molecule has 2 aromatic carbocycles. The number of imide groups is 1. The predicted molar refractivity (Wildman–Crippen MR) is 117 cm³/mol. The number of hydrogen-bond acceptors (Lipinski definition) is 7. The maximum absolute atomic E-state index is 13.2. The Morgan fingerprint density at radius 2 is 1.66 bits per heavy atom. The normalized spacial score (nSPS) is 31.4. The van der Waals surface area contributed by atoms with Gasteiger partial charge in [-0.05, 0) is 45.0 Å². The molecule has 0 spiro atoms. The van der Waals surface area contributed by atoms with E-state index in [0.29, 0.717) is 11.1 Å². The summed E-state index contributed by atoms with van der Waals surface area (Å²) in [6, 6.07) is 13.7. The van der Waals surface area contributed by atoms with Crippen molar-refractivity contribution in [2.45, 2.75) is 61.2 Å². The molecule has 0 saturated carbocycles. The third kappa shape index (κ3) is 3.66. The molecule has 2 saturated heterocycles. The topological polar surface area (TPSA) is 85.3 Å². The van der Waals surface area contributed by atoms with Gasteiger partial charge in [-0.2, -0.15) is 0 Å². The summed E-state index contributed by atoms with van der Waals surface area (Å²) in [5.41, 5.74) is 1.09. The molecule has 1 N–H and O–H groups in total. The molecule has 3 aliphatic rings. The Kier molecular flexibility index (Phi) is 5.38. The summed E-state index contributed by atoms with van der Waals surface area (Å²) in [5, 5.41) is 11.4. The summed E-state index contributed by atoms with van der Waals surface area (Å²) in [7, 11) is 0. The molecular weight excluding hydrogens is 430 g/mol. The molecular formula is C24H25NO6S. The lowest BCUT2D eigenvalue weighted by Crippen LogP contribution is -2.68. The van der Waals surface area contributed by atoms with Crippen LogP contribution in [0.5, 0.6) is 0 Å². The lowest BCUT2D eigenvalue weighted by atomic mass is 9.95. The van der Waals surface area contributed by atoms with Gasteiger partial charge >= 0.3 is 0 Å². The minimum absolute atomic E-state index is 0.245. The zero-order valence-electron chi connectivity index (χ0n) is 18.1. The minimum Gasteiger partial charge on any atom is -0.388 e. The SMILES string of the molecule is Cc1ccc(S[C@@H]2O[C@@H]3COC(C)(C)O[C@H]3[C@H](O)[C@H]2N2C(=O)c3ccccc3C2=O)cc1. The summed E-state index contributed by atoms with van der Waals surface area (Å²) in [5.74, 6) is -1.77. The molecule has 0 unspecified atom stereocenters. The number of rotatable bonds is 3. The van der Waals surface area contributed by atoms with Gasteiger partial charge in [0, 0.05) is 4.90 Å². The molecule has 0 aliphatic carbocycles. The zero-order valence-corrected chi connectivity index (χ0v) is 18.9. The molecule has 2 fully saturated rings. The fourth-order valence-corrected chi connectivity index (χ4v) is 5.61. The summed E-state index contributed by atoms with van der Waals surface area (Å²) < 4.78 is 18.0. The number of thioether (sulfide) groups is 1. The van der Waals surface area contributed by atoms with Gasteiger partial charge in [-0.25, -0.2) is 0 Å². The van der Waals surface area contributed by atoms with Crippen molar-refractivity contribution in [3.8, 4) is 0 Å². The number of aryl methyl sites for hydroxylation is 1. The maximum atomic E-state index is 13.2. The molecule has 5 atom stereocenters. The molecule has 168 valence electrons. The molecule has 0 bridgehead atoms. The van der Waals surface area contributed by atoms with E-state index in [9.17, 15) is 14.7 Å². The van der Waals surface area contributed by atoms with Gasteiger partial charge in [0.05, 0.1) is 17.7 Å². The van der Waals surface area contributed by atoms with Gasteiger partial charge in [0.1, 0.15) is 29.8 Å². The Labute approximate surface area is 190 Å². The minimum atomic E-state index is -1.14. The second-order valence-corrected chi connectivity index (χ2v) is 9.95.